The molecule has 1 saturated heterocycles. The molecule has 1 aromatic heterocycles. The van der Waals surface area contributed by atoms with E-state index < -0.39 is 0 Å². The zero-order chi connectivity index (χ0) is 20.9. The molecule has 1 aliphatic carbocycles. The fourth-order valence-corrected chi connectivity index (χ4v) is 4.68. The molecule has 30 heavy (non-hydrogen) atoms. The van der Waals surface area contributed by atoms with Crippen LogP contribution >= 0.6 is 11.6 Å². The molecule has 1 saturated carbocycles. The van der Waals surface area contributed by atoms with Crippen LogP contribution in [0.5, 0.6) is 11.6 Å². The van der Waals surface area contributed by atoms with Crippen molar-refractivity contribution < 1.29 is 9.53 Å². The highest BCUT2D eigenvalue weighted by molar-refractivity contribution is 6.32. The van der Waals surface area contributed by atoms with Gasteiger partial charge >= 0.3 is 0 Å². The van der Waals surface area contributed by atoms with Crippen LogP contribution in [-0.4, -0.2) is 46.5 Å². The van der Waals surface area contributed by atoms with Gasteiger partial charge in [0.1, 0.15) is 17.9 Å². The highest BCUT2D eigenvalue weighted by atomic mass is 35.5. The standard InChI is InChI=1S/C23H29ClN4O2/c1-17-15-27(12-13-28(17)23(29)11-10-18-6-2-3-7-18)21-14-22(26-16-25-21)30-20-9-5-4-8-19(20)24/h4-5,8-9,14,16-18H,2-3,6-7,10-13,15H2,1H3/t17-/m0/s1. The Hall–Kier alpha value is -2.34. The van der Waals surface area contributed by atoms with Crippen LogP contribution < -0.4 is 9.64 Å². The van der Waals surface area contributed by atoms with Gasteiger partial charge in [-0.3, -0.25) is 4.79 Å². The molecule has 160 valence electrons. The van der Waals surface area contributed by atoms with Gasteiger partial charge < -0.3 is 14.5 Å². The SMILES string of the molecule is C[C@H]1CN(c2cc(Oc3ccccc3Cl)ncn2)CCN1C(=O)CCC1CCCC1. The highest BCUT2D eigenvalue weighted by Gasteiger charge is 2.28. The quantitative estimate of drug-likeness (QED) is 0.652. The van der Waals surface area contributed by atoms with E-state index in [4.69, 9.17) is 16.3 Å². The molecule has 6 nitrogen and oxygen atoms in total. The molecular formula is C23H29ClN4O2. The lowest BCUT2D eigenvalue weighted by molar-refractivity contribution is -0.133. The Bertz CT molecular complexity index is 872. The highest BCUT2D eigenvalue weighted by Crippen LogP contribution is 2.30. The second kappa shape index (κ2) is 9.65. The molecule has 1 aromatic carbocycles. The number of nitrogens with zero attached hydrogens (tertiary/aromatic N) is 4. The topological polar surface area (TPSA) is 58.6 Å². The maximum absolute atomic E-state index is 12.7. The molecule has 2 aliphatic rings. The fourth-order valence-electron chi connectivity index (χ4n) is 4.51. The van der Waals surface area contributed by atoms with Crippen molar-refractivity contribution in [2.24, 2.45) is 5.92 Å². The van der Waals surface area contributed by atoms with Crippen LogP contribution in [0, 0.1) is 5.92 Å². The first-order chi connectivity index (χ1) is 14.6. The first-order valence-corrected chi connectivity index (χ1v) is 11.3. The number of ether oxygens (including phenoxy) is 1. The number of para-hydroxylation sites is 1. The van der Waals surface area contributed by atoms with Gasteiger partial charge in [0.25, 0.3) is 0 Å². The van der Waals surface area contributed by atoms with Crippen molar-refractivity contribution in [1.29, 1.82) is 0 Å². The molecule has 1 aliphatic heterocycles. The average Bonchev–Trinajstić information content (AvgIpc) is 3.27. The number of piperazine rings is 1. The van der Waals surface area contributed by atoms with Gasteiger partial charge in [-0.25, -0.2) is 9.97 Å². The monoisotopic (exact) mass is 428 g/mol. The normalized spacial score (nSPS) is 19.9. The number of rotatable bonds is 6. The Morgan fingerprint density at radius 3 is 2.77 bits per heavy atom. The number of carbonyl (C=O) groups excluding carboxylic acids is 1. The third kappa shape index (κ3) is 5.04. The number of hydrogen-bond acceptors (Lipinski definition) is 5. The number of benzene rings is 1. The lowest BCUT2D eigenvalue weighted by Crippen LogP contribution is -2.54. The molecule has 1 atom stereocenters. The summed E-state index contributed by atoms with van der Waals surface area (Å²) in [5, 5.41) is 0.538. The summed E-state index contributed by atoms with van der Waals surface area (Å²) in [6.45, 7) is 4.33. The smallest absolute Gasteiger partial charge is 0.224 e. The van der Waals surface area contributed by atoms with Crippen LogP contribution in [0.1, 0.15) is 45.4 Å². The summed E-state index contributed by atoms with van der Waals surface area (Å²) >= 11 is 6.18. The Morgan fingerprint density at radius 2 is 2.00 bits per heavy atom. The Morgan fingerprint density at radius 1 is 1.20 bits per heavy atom. The largest absolute Gasteiger partial charge is 0.437 e. The molecule has 1 amide bonds. The van der Waals surface area contributed by atoms with Crippen molar-refractivity contribution in [2.45, 2.75) is 51.5 Å². The molecule has 4 rings (SSSR count). The maximum atomic E-state index is 12.7. The van der Waals surface area contributed by atoms with E-state index in [0.29, 0.717) is 29.0 Å². The van der Waals surface area contributed by atoms with Crippen LogP contribution in [0.4, 0.5) is 5.82 Å². The van der Waals surface area contributed by atoms with Crippen molar-refractivity contribution in [3.05, 3.63) is 41.7 Å². The van der Waals surface area contributed by atoms with E-state index in [1.165, 1.54) is 32.0 Å². The predicted molar refractivity (Wildman–Crippen MR) is 118 cm³/mol. The summed E-state index contributed by atoms with van der Waals surface area (Å²) in [4.78, 5) is 25.6. The minimum atomic E-state index is 0.151. The molecule has 2 fully saturated rings. The zero-order valence-electron chi connectivity index (χ0n) is 17.5. The molecule has 2 heterocycles. The Labute approximate surface area is 183 Å². The van der Waals surface area contributed by atoms with Gasteiger partial charge in [0, 0.05) is 38.2 Å². The summed E-state index contributed by atoms with van der Waals surface area (Å²) < 4.78 is 5.83. The summed E-state index contributed by atoms with van der Waals surface area (Å²) in [6.07, 6.45) is 8.47. The first-order valence-electron chi connectivity index (χ1n) is 10.9. The van der Waals surface area contributed by atoms with Gasteiger partial charge in [0.05, 0.1) is 5.02 Å². The van der Waals surface area contributed by atoms with Crippen LogP contribution in [0.25, 0.3) is 0 Å². The number of hydrogen-bond donors (Lipinski definition) is 0. The third-order valence-electron chi connectivity index (χ3n) is 6.19. The lowest BCUT2D eigenvalue weighted by atomic mass is 10.0. The van der Waals surface area contributed by atoms with E-state index in [1.807, 2.05) is 29.2 Å². The van der Waals surface area contributed by atoms with Crippen molar-refractivity contribution in [1.82, 2.24) is 14.9 Å². The van der Waals surface area contributed by atoms with Crippen LogP contribution in [0.3, 0.4) is 0 Å². The van der Waals surface area contributed by atoms with Crippen LogP contribution in [0.2, 0.25) is 5.02 Å². The van der Waals surface area contributed by atoms with Crippen molar-refractivity contribution in [3.63, 3.8) is 0 Å². The predicted octanol–water partition coefficient (Wildman–Crippen LogP) is 4.93. The number of aromatic nitrogens is 2. The van der Waals surface area contributed by atoms with E-state index in [2.05, 4.69) is 21.8 Å². The van der Waals surface area contributed by atoms with Gasteiger partial charge in [-0.1, -0.05) is 49.4 Å². The second-order valence-electron chi connectivity index (χ2n) is 8.32. The van der Waals surface area contributed by atoms with E-state index in [0.717, 1.165) is 37.8 Å². The van der Waals surface area contributed by atoms with E-state index in [1.54, 1.807) is 6.07 Å². The van der Waals surface area contributed by atoms with Crippen molar-refractivity contribution >= 4 is 23.3 Å². The molecule has 2 aromatic rings. The van der Waals surface area contributed by atoms with E-state index >= 15 is 0 Å². The molecule has 0 N–H and O–H groups in total. The summed E-state index contributed by atoms with van der Waals surface area (Å²) in [5.74, 6) is 2.87. The minimum absolute atomic E-state index is 0.151. The Kier molecular flexibility index (Phi) is 6.72. The van der Waals surface area contributed by atoms with Gasteiger partial charge in [0.15, 0.2) is 0 Å². The molecule has 0 spiro atoms. The van der Waals surface area contributed by atoms with Crippen molar-refractivity contribution in [3.8, 4) is 11.6 Å². The van der Waals surface area contributed by atoms with Crippen molar-refractivity contribution in [2.75, 3.05) is 24.5 Å². The first kappa shape index (κ1) is 20.9. The van der Waals surface area contributed by atoms with Gasteiger partial charge in [-0.15, -0.1) is 0 Å². The average molecular weight is 429 g/mol. The van der Waals surface area contributed by atoms with Crippen LogP contribution in [-0.2, 0) is 4.79 Å². The summed E-state index contributed by atoms with van der Waals surface area (Å²) in [7, 11) is 0. The molecule has 0 bridgehead atoms. The zero-order valence-corrected chi connectivity index (χ0v) is 18.2. The van der Waals surface area contributed by atoms with Gasteiger partial charge in [0.2, 0.25) is 11.8 Å². The molecule has 7 heteroatoms. The molecular weight excluding hydrogens is 400 g/mol. The van der Waals surface area contributed by atoms with E-state index in [9.17, 15) is 4.79 Å². The van der Waals surface area contributed by atoms with Gasteiger partial charge in [-0.05, 0) is 31.4 Å². The molecule has 0 radical (unpaired) electrons. The number of anilines is 1. The Balaban J connectivity index is 1.34. The number of carbonyl (C=O) groups is 1. The van der Waals surface area contributed by atoms with E-state index in [-0.39, 0.29) is 6.04 Å². The second-order valence-corrected chi connectivity index (χ2v) is 8.73. The minimum Gasteiger partial charge on any atom is -0.437 e. The molecule has 0 unspecified atom stereocenters. The van der Waals surface area contributed by atoms with Crippen LogP contribution in [0.15, 0.2) is 36.7 Å². The maximum Gasteiger partial charge on any atom is 0.224 e. The fraction of sp³-hybridized carbons (Fsp3) is 0.522. The third-order valence-corrected chi connectivity index (χ3v) is 6.50. The summed E-state index contributed by atoms with van der Waals surface area (Å²) in [5.41, 5.74) is 0. The number of halogens is 1. The van der Waals surface area contributed by atoms with Gasteiger partial charge in [-0.2, -0.15) is 0 Å². The summed E-state index contributed by atoms with van der Waals surface area (Å²) in [6, 6.07) is 9.29. The lowest BCUT2D eigenvalue weighted by Gasteiger charge is -2.40. The number of amides is 1.